The molecule has 3 heterocycles. The highest BCUT2D eigenvalue weighted by molar-refractivity contribution is 5.95. The molecule has 35 heavy (non-hydrogen) atoms. The number of amides is 1. The molecule has 1 saturated carbocycles. The molecule has 1 amide bonds. The number of nitrogens with one attached hydrogen (secondary N) is 1. The summed E-state index contributed by atoms with van der Waals surface area (Å²) >= 11 is 0. The van der Waals surface area contributed by atoms with Crippen LogP contribution >= 0.6 is 0 Å². The number of nitrogens with zero attached hydrogens (tertiary/aromatic N) is 3. The second-order valence-corrected chi connectivity index (χ2v) is 9.23. The Kier molecular flexibility index (Phi) is 8.49. The van der Waals surface area contributed by atoms with Gasteiger partial charge >= 0.3 is 0 Å². The van der Waals surface area contributed by atoms with E-state index in [0.717, 1.165) is 51.0 Å². The fraction of sp³-hybridized carbons (Fsp3) is 0.577. The van der Waals surface area contributed by atoms with Gasteiger partial charge in [0.25, 0.3) is 12.3 Å². The van der Waals surface area contributed by atoms with Crippen molar-refractivity contribution in [3.05, 3.63) is 47.3 Å². The number of halogens is 2. The highest BCUT2D eigenvalue weighted by atomic mass is 19.3. The van der Waals surface area contributed by atoms with Gasteiger partial charge < -0.3 is 19.7 Å². The van der Waals surface area contributed by atoms with Gasteiger partial charge in [-0.3, -0.25) is 4.79 Å². The number of aromatic nitrogens is 2. The number of hydrogen-bond acceptors (Lipinski definition) is 6. The van der Waals surface area contributed by atoms with Crippen LogP contribution in [0.25, 0.3) is 0 Å². The average molecular weight is 489 g/mol. The molecule has 7 nitrogen and oxygen atoms in total. The minimum Gasteiger partial charge on any atom is -0.481 e. The minimum absolute atomic E-state index is 0.00659. The minimum atomic E-state index is -2.63. The topological polar surface area (TPSA) is 76.6 Å². The van der Waals surface area contributed by atoms with E-state index in [2.05, 4.69) is 27.1 Å². The lowest BCUT2D eigenvalue weighted by Crippen LogP contribution is -2.41. The van der Waals surface area contributed by atoms with E-state index in [9.17, 15) is 13.6 Å². The first-order valence-electron chi connectivity index (χ1n) is 12.4. The molecular formula is C26H34F2N4O3. The molecular weight excluding hydrogens is 454 g/mol. The van der Waals surface area contributed by atoms with E-state index in [-0.39, 0.29) is 29.3 Å². The average Bonchev–Trinajstić information content (AvgIpc) is 2.91. The normalized spacial score (nSPS) is 21.6. The standard InChI is InChI=1S/C26H34F2N4O3/c1-3-21(31-25(33)19-8-10-29-22(16-19)32-12-14-35-15-13-32)18-6-4-17(5-7-18)20-9-11-30-26(34-2)23(20)24(27)28/h8-11,16-18,21,24H,3-7,12-15H2,1-2H3,(H,31,33)/t17?,18?,21-/m1/s1. The number of anilines is 1. The Balaban J connectivity index is 1.39. The number of carbonyl (C=O) groups is 1. The zero-order chi connectivity index (χ0) is 24.8. The Labute approximate surface area is 205 Å². The maximum Gasteiger partial charge on any atom is 0.269 e. The van der Waals surface area contributed by atoms with E-state index < -0.39 is 6.43 Å². The Hall–Kier alpha value is -2.81. The number of ether oxygens (including phenoxy) is 2. The van der Waals surface area contributed by atoms with Gasteiger partial charge in [0.1, 0.15) is 5.82 Å². The molecule has 1 saturated heterocycles. The first kappa shape index (κ1) is 25.3. The van der Waals surface area contributed by atoms with Crippen molar-refractivity contribution in [2.45, 2.75) is 57.4 Å². The Bertz CT molecular complexity index is 992. The maximum absolute atomic E-state index is 13.8. The maximum atomic E-state index is 13.8. The van der Waals surface area contributed by atoms with Crippen LogP contribution in [0.5, 0.6) is 5.88 Å². The third-order valence-electron chi connectivity index (χ3n) is 7.28. The van der Waals surface area contributed by atoms with Gasteiger partial charge in [0, 0.05) is 37.1 Å². The van der Waals surface area contributed by atoms with Crippen LogP contribution in [-0.2, 0) is 4.74 Å². The predicted molar refractivity (Wildman–Crippen MR) is 129 cm³/mol. The molecule has 9 heteroatoms. The van der Waals surface area contributed by atoms with E-state index in [4.69, 9.17) is 9.47 Å². The van der Waals surface area contributed by atoms with E-state index in [1.54, 1.807) is 24.5 Å². The Morgan fingerprint density at radius 3 is 2.54 bits per heavy atom. The van der Waals surface area contributed by atoms with Crippen LogP contribution in [0.1, 0.15) is 72.9 Å². The zero-order valence-corrected chi connectivity index (χ0v) is 20.4. The molecule has 0 radical (unpaired) electrons. The second-order valence-electron chi connectivity index (χ2n) is 9.23. The summed E-state index contributed by atoms with van der Waals surface area (Å²) in [6.07, 6.45) is 4.72. The van der Waals surface area contributed by atoms with Crippen LogP contribution in [0.2, 0.25) is 0 Å². The number of morpholine rings is 1. The predicted octanol–water partition coefficient (Wildman–Crippen LogP) is 4.74. The Morgan fingerprint density at radius 1 is 1.17 bits per heavy atom. The van der Waals surface area contributed by atoms with Crippen molar-refractivity contribution >= 4 is 11.7 Å². The van der Waals surface area contributed by atoms with Gasteiger partial charge in [0.05, 0.1) is 25.9 Å². The van der Waals surface area contributed by atoms with Crippen molar-refractivity contribution in [3.8, 4) is 5.88 Å². The zero-order valence-electron chi connectivity index (χ0n) is 20.4. The largest absolute Gasteiger partial charge is 0.481 e. The van der Waals surface area contributed by atoms with Crippen molar-refractivity contribution in [2.75, 3.05) is 38.3 Å². The van der Waals surface area contributed by atoms with E-state index in [0.29, 0.717) is 30.3 Å². The number of hydrogen-bond donors (Lipinski definition) is 1. The summed E-state index contributed by atoms with van der Waals surface area (Å²) in [4.78, 5) is 23.6. The van der Waals surface area contributed by atoms with Gasteiger partial charge in [-0.25, -0.2) is 18.7 Å². The number of alkyl halides is 2. The SMILES string of the molecule is CC[C@@H](NC(=O)c1ccnc(N2CCOCC2)c1)C1CCC(c2ccnc(OC)c2C(F)F)CC1. The molecule has 2 aromatic heterocycles. The lowest BCUT2D eigenvalue weighted by molar-refractivity contribution is 0.0908. The Morgan fingerprint density at radius 2 is 1.89 bits per heavy atom. The monoisotopic (exact) mass is 488 g/mol. The first-order chi connectivity index (χ1) is 17.0. The molecule has 0 spiro atoms. The summed E-state index contributed by atoms with van der Waals surface area (Å²) in [5.74, 6) is 1.04. The van der Waals surface area contributed by atoms with Gasteiger partial charge in [-0.15, -0.1) is 0 Å². The summed E-state index contributed by atoms with van der Waals surface area (Å²) in [6, 6.07) is 5.31. The summed E-state index contributed by atoms with van der Waals surface area (Å²) in [6.45, 7) is 4.91. The van der Waals surface area contributed by atoms with E-state index >= 15 is 0 Å². The van der Waals surface area contributed by atoms with Crippen molar-refractivity contribution in [2.24, 2.45) is 5.92 Å². The summed E-state index contributed by atoms with van der Waals surface area (Å²) < 4.78 is 38.0. The second kappa shape index (κ2) is 11.7. The van der Waals surface area contributed by atoms with Crippen LogP contribution < -0.4 is 15.0 Å². The molecule has 0 aromatic carbocycles. The summed E-state index contributed by atoms with van der Waals surface area (Å²) in [5, 5.41) is 3.23. The van der Waals surface area contributed by atoms with Crippen LogP contribution in [0.15, 0.2) is 30.6 Å². The van der Waals surface area contributed by atoms with Gasteiger partial charge in [0.15, 0.2) is 0 Å². The molecule has 1 aliphatic heterocycles. The third-order valence-corrected chi connectivity index (χ3v) is 7.28. The van der Waals surface area contributed by atoms with Crippen molar-refractivity contribution < 1.29 is 23.0 Å². The molecule has 190 valence electrons. The van der Waals surface area contributed by atoms with E-state index in [1.165, 1.54) is 7.11 Å². The molecule has 0 unspecified atom stereocenters. The van der Waals surface area contributed by atoms with Crippen molar-refractivity contribution in [3.63, 3.8) is 0 Å². The lowest BCUT2D eigenvalue weighted by Gasteiger charge is -2.35. The highest BCUT2D eigenvalue weighted by Gasteiger charge is 2.32. The fourth-order valence-corrected chi connectivity index (χ4v) is 5.37. The van der Waals surface area contributed by atoms with Crippen LogP contribution in [0.4, 0.5) is 14.6 Å². The first-order valence-corrected chi connectivity index (χ1v) is 12.4. The molecule has 4 rings (SSSR count). The molecule has 1 N–H and O–H groups in total. The molecule has 2 aliphatic rings. The fourth-order valence-electron chi connectivity index (χ4n) is 5.37. The van der Waals surface area contributed by atoms with Gasteiger partial charge in [-0.05, 0) is 67.7 Å². The van der Waals surface area contributed by atoms with Crippen molar-refractivity contribution in [1.29, 1.82) is 0 Å². The molecule has 2 fully saturated rings. The lowest BCUT2D eigenvalue weighted by atomic mass is 9.74. The van der Waals surface area contributed by atoms with Crippen molar-refractivity contribution in [1.82, 2.24) is 15.3 Å². The molecule has 2 aromatic rings. The van der Waals surface area contributed by atoms with Gasteiger partial charge in [-0.2, -0.15) is 0 Å². The number of carbonyl (C=O) groups excluding carboxylic acids is 1. The molecule has 1 aliphatic carbocycles. The van der Waals surface area contributed by atoms with Gasteiger partial charge in [-0.1, -0.05) is 6.92 Å². The van der Waals surface area contributed by atoms with Crippen LogP contribution in [0.3, 0.4) is 0 Å². The smallest absolute Gasteiger partial charge is 0.269 e. The van der Waals surface area contributed by atoms with Gasteiger partial charge in [0.2, 0.25) is 5.88 Å². The van der Waals surface area contributed by atoms with E-state index in [1.807, 2.05) is 6.07 Å². The number of pyridine rings is 2. The third kappa shape index (κ3) is 5.89. The quantitative estimate of drug-likeness (QED) is 0.578. The number of rotatable bonds is 8. The molecule has 1 atom stereocenters. The van der Waals surface area contributed by atoms with Crippen LogP contribution in [-0.4, -0.2) is 55.3 Å². The summed E-state index contributed by atoms with van der Waals surface area (Å²) in [5.41, 5.74) is 1.14. The highest BCUT2D eigenvalue weighted by Crippen LogP contribution is 2.42. The summed E-state index contributed by atoms with van der Waals surface area (Å²) in [7, 11) is 1.37. The molecule has 0 bridgehead atoms. The van der Waals surface area contributed by atoms with Crippen LogP contribution in [0, 0.1) is 5.92 Å². The number of methoxy groups -OCH3 is 1.